The largest absolute Gasteiger partial charge is 0.459 e. The van der Waals surface area contributed by atoms with Crippen LogP contribution in [-0.4, -0.2) is 25.7 Å². The molecule has 0 saturated heterocycles. The van der Waals surface area contributed by atoms with Crippen LogP contribution in [0.4, 0.5) is 0 Å². The molecule has 0 unspecified atom stereocenters. The fraction of sp³-hybridized carbons (Fsp3) is 0.273. The quantitative estimate of drug-likeness (QED) is 0.315. The van der Waals surface area contributed by atoms with Gasteiger partial charge in [0.05, 0.1) is 0 Å². The summed E-state index contributed by atoms with van der Waals surface area (Å²) < 4.78 is 9.74. The fourth-order valence-electron chi connectivity index (χ4n) is 1.01. The summed E-state index contributed by atoms with van der Waals surface area (Å²) >= 11 is 0. The number of amides is 1. The van der Waals surface area contributed by atoms with Crippen molar-refractivity contribution in [3.63, 3.8) is 0 Å². The first-order valence-electron chi connectivity index (χ1n) is 4.77. The van der Waals surface area contributed by atoms with Crippen molar-refractivity contribution < 1.29 is 19.1 Å². The van der Waals surface area contributed by atoms with E-state index in [-0.39, 0.29) is 19.9 Å². The molecule has 5 heteroatoms. The Kier molecular flexibility index (Phi) is 5.65. The highest BCUT2D eigenvalue weighted by atomic mass is 16.6. The van der Waals surface area contributed by atoms with Gasteiger partial charge >= 0.3 is 5.97 Å². The van der Waals surface area contributed by atoms with E-state index in [1.807, 2.05) is 30.3 Å². The van der Waals surface area contributed by atoms with Gasteiger partial charge in [0.2, 0.25) is 6.41 Å². The van der Waals surface area contributed by atoms with Crippen LogP contribution in [0.25, 0.3) is 0 Å². The van der Waals surface area contributed by atoms with E-state index in [1.165, 1.54) is 0 Å². The topological polar surface area (TPSA) is 64.6 Å². The van der Waals surface area contributed by atoms with Crippen LogP contribution in [-0.2, 0) is 25.7 Å². The molecule has 0 spiro atoms. The Morgan fingerprint density at radius 3 is 2.75 bits per heavy atom. The summed E-state index contributed by atoms with van der Waals surface area (Å²) in [5, 5.41) is 2.27. The molecule has 5 nitrogen and oxygen atoms in total. The van der Waals surface area contributed by atoms with Gasteiger partial charge in [0.25, 0.3) is 0 Å². The molecule has 1 aromatic rings. The molecule has 86 valence electrons. The monoisotopic (exact) mass is 223 g/mol. The number of esters is 1. The summed E-state index contributed by atoms with van der Waals surface area (Å²) in [6.07, 6.45) is 0.495. The van der Waals surface area contributed by atoms with Crippen LogP contribution in [0.1, 0.15) is 5.56 Å². The second-order valence-electron chi connectivity index (χ2n) is 2.96. The highest BCUT2D eigenvalue weighted by Crippen LogP contribution is 2.00. The molecule has 0 bridgehead atoms. The van der Waals surface area contributed by atoms with E-state index in [0.717, 1.165) is 5.56 Å². The number of hydrogen-bond acceptors (Lipinski definition) is 4. The SMILES string of the molecule is O=CNCOCC(=O)OCc1ccccc1. The number of ether oxygens (including phenoxy) is 2. The second kappa shape index (κ2) is 7.42. The molecule has 0 aliphatic heterocycles. The zero-order chi connectivity index (χ0) is 11.6. The van der Waals surface area contributed by atoms with E-state index < -0.39 is 5.97 Å². The van der Waals surface area contributed by atoms with Gasteiger partial charge in [0, 0.05) is 0 Å². The van der Waals surface area contributed by atoms with Gasteiger partial charge < -0.3 is 14.8 Å². The van der Waals surface area contributed by atoms with Crippen molar-refractivity contribution in [2.75, 3.05) is 13.3 Å². The maximum atomic E-state index is 11.1. The molecule has 0 aliphatic rings. The van der Waals surface area contributed by atoms with E-state index in [4.69, 9.17) is 9.47 Å². The maximum Gasteiger partial charge on any atom is 0.332 e. The molecule has 0 heterocycles. The van der Waals surface area contributed by atoms with Crippen molar-refractivity contribution in [3.8, 4) is 0 Å². The van der Waals surface area contributed by atoms with Gasteiger partial charge in [-0.1, -0.05) is 30.3 Å². The molecule has 0 fully saturated rings. The molecule has 0 atom stereocenters. The third kappa shape index (κ3) is 5.11. The number of nitrogens with one attached hydrogen (secondary N) is 1. The Labute approximate surface area is 93.4 Å². The van der Waals surface area contributed by atoms with Gasteiger partial charge in [-0.2, -0.15) is 0 Å². The van der Waals surface area contributed by atoms with Gasteiger partial charge in [-0.15, -0.1) is 0 Å². The lowest BCUT2D eigenvalue weighted by molar-refractivity contribution is -0.150. The molecule has 1 N–H and O–H groups in total. The van der Waals surface area contributed by atoms with Gasteiger partial charge in [-0.05, 0) is 5.56 Å². The van der Waals surface area contributed by atoms with Gasteiger partial charge in [0.15, 0.2) is 0 Å². The molecular weight excluding hydrogens is 210 g/mol. The lowest BCUT2D eigenvalue weighted by atomic mass is 10.2. The van der Waals surface area contributed by atoms with E-state index in [1.54, 1.807) is 0 Å². The van der Waals surface area contributed by atoms with Crippen molar-refractivity contribution >= 4 is 12.4 Å². The summed E-state index contributed by atoms with van der Waals surface area (Å²) in [5.74, 6) is -0.462. The molecule has 1 amide bonds. The smallest absolute Gasteiger partial charge is 0.332 e. The Balaban J connectivity index is 2.13. The Morgan fingerprint density at radius 1 is 1.31 bits per heavy atom. The first kappa shape index (κ1) is 12.2. The fourth-order valence-corrected chi connectivity index (χ4v) is 1.01. The molecule has 1 rings (SSSR count). The minimum Gasteiger partial charge on any atom is -0.459 e. The summed E-state index contributed by atoms with van der Waals surface area (Å²) in [4.78, 5) is 21.0. The number of carbonyl (C=O) groups excluding carboxylic acids is 2. The summed E-state index contributed by atoms with van der Waals surface area (Å²) in [7, 11) is 0. The minimum atomic E-state index is -0.462. The van der Waals surface area contributed by atoms with Crippen LogP contribution in [0.5, 0.6) is 0 Å². The van der Waals surface area contributed by atoms with Crippen LogP contribution in [0.3, 0.4) is 0 Å². The Morgan fingerprint density at radius 2 is 2.06 bits per heavy atom. The molecule has 0 radical (unpaired) electrons. The molecule has 0 aliphatic carbocycles. The van der Waals surface area contributed by atoms with Gasteiger partial charge in [0.1, 0.15) is 19.9 Å². The third-order valence-corrected chi connectivity index (χ3v) is 1.73. The van der Waals surface area contributed by atoms with Crippen LogP contribution in [0.2, 0.25) is 0 Å². The van der Waals surface area contributed by atoms with Crippen molar-refractivity contribution in [2.45, 2.75) is 6.61 Å². The normalized spacial score (nSPS) is 9.50. The first-order chi connectivity index (χ1) is 7.83. The zero-order valence-electron chi connectivity index (χ0n) is 8.72. The Hall–Kier alpha value is -1.88. The average Bonchev–Trinajstić information content (AvgIpc) is 2.33. The highest BCUT2D eigenvalue weighted by Gasteiger charge is 2.02. The van der Waals surface area contributed by atoms with E-state index in [0.29, 0.717) is 6.41 Å². The van der Waals surface area contributed by atoms with Crippen LogP contribution in [0, 0.1) is 0 Å². The van der Waals surface area contributed by atoms with Crippen LogP contribution in [0.15, 0.2) is 30.3 Å². The molecule has 1 aromatic carbocycles. The zero-order valence-corrected chi connectivity index (χ0v) is 8.72. The first-order valence-corrected chi connectivity index (χ1v) is 4.77. The second-order valence-corrected chi connectivity index (χ2v) is 2.96. The van der Waals surface area contributed by atoms with Crippen molar-refractivity contribution in [1.82, 2.24) is 5.32 Å². The van der Waals surface area contributed by atoms with E-state index >= 15 is 0 Å². The van der Waals surface area contributed by atoms with E-state index in [9.17, 15) is 9.59 Å². The summed E-state index contributed by atoms with van der Waals surface area (Å²) in [6.45, 7) is 0.0573. The molecular formula is C11H13NO4. The number of benzene rings is 1. The molecule has 0 aromatic heterocycles. The minimum absolute atomic E-state index is 0.00391. The molecule has 0 saturated carbocycles. The van der Waals surface area contributed by atoms with Crippen molar-refractivity contribution in [2.24, 2.45) is 0 Å². The van der Waals surface area contributed by atoms with Crippen LogP contribution >= 0.6 is 0 Å². The number of hydrogen-bond donors (Lipinski definition) is 1. The van der Waals surface area contributed by atoms with Crippen molar-refractivity contribution in [3.05, 3.63) is 35.9 Å². The number of rotatable bonds is 7. The van der Waals surface area contributed by atoms with E-state index in [2.05, 4.69) is 5.32 Å². The summed E-state index contributed by atoms with van der Waals surface area (Å²) in [6, 6.07) is 9.35. The average molecular weight is 223 g/mol. The lowest BCUT2D eigenvalue weighted by Gasteiger charge is -2.05. The molecule has 16 heavy (non-hydrogen) atoms. The third-order valence-electron chi connectivity index (χ3n) is 1.73. The lowest BCUT2D eigenvalue weighted by Crippen LogP contribution is -2.20. The standard InChI is InChI=1S/C11H13NO4/c13-8-12-9-15-7-11(14)16-6-10-4-2-1-3-5-10/h1-5,8H,6-7,9H2,(H,12,13). The highest BCUT2D eigenvalue weighted by molar-refractivity contribution is 5.70. The van der Waals surface area contributed by atoms with Crippen molar-refractivity contribution in [1.29, 1.82) is 0 Å². The predicted octanol–water partition coefficient (Wildman–Crippen LogP) is 0.450. The predicted molar refractivity (Wildman–Crippen MR) is 56.3 cm³/mol. The van der Waals surface area contributed by atoms with Crippen LogP contribution < -0.4 is 5.32 Å². The van der Waals surface area contributed by atoms with Gasteiger partial charge in [-0.3, -0.25) is 4.79 Å². The number of carbonyl (C=O) groups is 2. The Bertz CT molecular complexity index is 326. The maximum absolute atomic E-state index is 11.1. The summed E-state index contributed by atoms with van der Waals surface area (Å²) in [5.41, 5.74) is 0.918. The van der Waals surface area contributed by atoms with Gasteiger partial charge in [-0.25, -0.2) is 4.79 Å².